The lowest BCUT2D eigenvalue weighted by Gasteiger charge is -2.22. The minimum atomic E-state index is 0.0476. The fourth-order valence-corrected chi connectivity index (χ4v) is 2.33. The van der Waals surface area contributed by atoms with Crippen molar-refractivity contribution in [1.82, 2.24) is 14.9 Å². The Kier molecular flexibility index (Phi) is 3.92. The first-order valence-electron chi connectivity index (χ1n) is 7.13. The lowest BCUT2D eigenvalue weighted by Crippen LogP contribution is -2.32. The highest BCUT2D eigenvalue weighted by Gasteiger charge is 2.33. The Balaban J connectivity index is 1.81. The van der Waals surface area contributed by atoms with Crippen molar-refractivity contribution in [2.45, 2.75) is 32.0 Å². The Morgan fingerprint density at radius 2 is 2.00 bits per heavy atom. The van der Waals surface area contributed by atoms with Crippen molar-refractivity contribution in [2.75, 3.05) is 0 Å². The molecule has 0 atom stereocenters. The molecule has 5 nitrogen and oxygen atoms in total. The molecule has 21 heavy (non-hydrogen) atoms. The van der Waals surface area contributed by atoms with E-state index in [0.717, 1.165) is 24.1 Å². The van der Waals surface area contributed by atoms with Crippen molar-refractivity contribution >= 4 is 5.91 Å². The number of nitrogens with two attached hydrogens (primary N) is 1. The zero-order chi connectivity index (χ0) is 14.7. The molecule has 1 aliphatic rings. The van der Waals surface area contributed by atoms with Gasteiger partial charge in [-0.1, -0.05) is 0 Å². The number of pyridine rings is 2. The van der Waals surface area contributed by atoms with Crippen LogP contribution in [0.4, 0.5) is 0 Å². The van der Waals surface area contributed by atoms with E-state index >= 15 is 0 Å². The van der Waals surface area contributed by atoms with Gasteiger partial charge in [0.05, 0.1) is 5.69 Å². The van der Waals surface area contributed by atoms with Gasteiger partial charge in [-0.05, 0) is 42.7 Å². The number of carbonyl (C=O) groups is 1. The van der Waals surface area contributed by atoms with Gasteiger partial charge >= 0.3 is 0 Å². The molecule has 0 radical (unpaired) electrons. The quantitative estimate of drug-likeness (QED) is 0.906. The van der Waals surface area contributed by atoms with Crippen molar-refractivity contribution < 1.29 is 4.79 Å². The molecule has 2 aromatic heterocycles. The van der Waals surface area contributed by atoms with E-state index in [9.17, 15) is 4.79 Å². The van der Waals surface area contributed by atoms with Gasteiger partial charge in [-0.2, -0.15) is 0 Å². The normalized spacial score (nSPS) is 14.0. The van der Waals surface area contributed by atoms with E-state index in [1.807, 2.05) is 17.0 Å². The molecular formula is C16H18N4O. The molecule has 2 heterocycles. The number of amides is 1. The monoisotopic (exact) mass is 282 g/mol. The van der Waals surface area contributed by atoms with Gasteiger partial charge in [-0.25, -0.2) is 0 Å². The van der Waals surface area contributed by atoms with Crippen molar-refractivity contribution in [3.05, 3.63) is 59.7 Å². The van der Waals surface area contributed by atoms with Crippen molar-refractivity contribution in [2.24, 2.45) is 5.73 Å². The first-order valence-corrected chi connectivity index (χ1v) is 7.13. The van der Waals surface area contributed by atoms with Gasteiger partial charge in [-0.3, -0.25) is 14.8 Å². The van der Waals surface area contributed by atoms with Crippen LogP contribution in [0.1, 0.15) is 34.5 Å². The first-order chi connectivity index (χ1) is 10.3. The molecule has 0 bridgehead atoms. The fraction of sp³-hybridized carbons (Fsp3) is 0.312. The van der Waals surface area contributed by atoms with E-state index in [0.29, 0.717) is 24.7 Å². The Morgan fingerprint density at radius 3 is 2.67 bits per heavy atom. The Hall–Kier alpha value is -2.27. The summed E-state index contributed by atoms with van der Waals surface area (Å²) in [6, 6.07) is 7.77. The van der Waals surface area contributed by atoms with Gasteiger partial charge in [0.1, 0.15) is 0 Å². The van der Waals surface area contributed by atoms with E-state index in [1.165, 1.54) is 0 Å². The van der Waals surface area contributed by atoms with Crippen LogP contribution in [-0.2, 0) is 13.1 Å². The smallest absolute Gasteiger partial charge is 0.254 e. The molecule has 2 aromatic rings. The van der Waals surface area contributed by atoms with Gasteiger partial charge in [0.15, 0.2) is 0 Å². The van der Waals surface area contributed by atoms with Crippen LogP contribution in [0, 0.1) is 0 Å². The van der Waals surface area contributed by atoms with Crippen LogP contribution in [0.3, 0.4) is 0 Å². The molecule has 5 heteroatoms. The van der Waals surface area contributed by atoms with E-state index in [4.69, 9.17) is 5.73 Å². The van der Waals surface area contributed by atoms with Gasteiger partial charge in [0.25, 0.3) is 5.91 Å². The highest BCUT2D eigenvalue weighted by Crippen LogP contribution is 2.29. The molecule has 2 N–H and O–H groups in total. The molecule has 1 fully saturated rings. The average Bonchev–Trinajstić information content (AvgIpc) is 3.38. The largest absolute Gasteiger partial charge is 0.331 e. The third-order valence-corrected chi connectivity index (χ3v) is 3.62. The summed E-state index contributed by atoms with van der Waals surface area (Å²) < 4.78 is 0. The summed E-state index contributed by atoms with van der Waals surface area (Å²) in [4.78, 5) is 22.8. The maximum Gasteiger partial charge on any atom is 0.254 e. The summed E-state index contributed by atoms with van der Waals surface area (Å²) in [5.41, 5.74) is 8.09. The van der Waals surface area contributed by atoms with Crippen LogP contribution in [-0.4, -0.2) is 26.8 Å². The summed E-state index contributed by atoms with van der Waals surface area (Å²) >= 11 is 0. The molecule has 0 spiro atoms. The third-order valence-electron chi connectivity index (χ3n) is 3.62. The highest BCUT2D eigenvalue weighted by molar-refractivity contribution is 5.94. The van der Waals surface area contributed by atoms with Crippen molar-refractivity contribution in [3.63, 3.8) is 0 Å². The maximum atomic E-state index is 12.7. The zero-order valence-electron chi connectivity index (χ0n) is 11.8. The highest BCUT2D eigenvalue weighted by atomic mass is 16.2. The van der Waals surface area contributed by atoms with Gasteiger partial charge in [-0.15, -0.1) is 0 Å². The fourth-order valence-electron chi connectivity index (χ4n) is 2.33. The summed E-state index contributed by atoms with van der Waals surface area (Å²) in [5.74, 6) is 0.0476. The maximum absolute atomic E-state index is 12.7. The standard InChI is InChI=1S/C16H18N4O/c17-10-14-9-13(5-8-19-14)16(21)20(15-1-2-15)11-12-3-6-18-7-4-12/h3-9,15H,1-2,10-11,17H2. The molecule has 108 valence electrons. The minimum absolute atomic E-state index is 0.0476. The second kappa shape index (κ2) is 6.01. The topological polar surface area (TPSA) is 72.1 Å². The predicted molar refractivity (Wildman–Crippen MR) is 79.3 cm³/mol. The number of carbonyl (C=O) groups excluding carboxylic acids is 1. The number of aromatic nitrogens is 2. The molecular weight excluding hydrogens is 264 g/mol. The van der Waals surface area contributed by atoms with Crippen LogP contribution in [0.5, 0.6) is 0 Å². The van der Waals surface area contributed by atoms with E-state index in [1.54, 1.807) is 30.7 Å². The Bertz CT molecular complexity index is 625. The molecule has 0 unspecified atom stereocenters. The van der Waals surface area contributed by atoms with Crippen LogP contribution in [0.2, 0.25) is 0 Å². The number of rotatable bonds is 5. The molecule has 0 aliphatic heterocycles. The average molecular weight is 282 g/mol. The van der Waals surface area contributed by atoms with Crippen molar-refractivity contribution in [3.8, 4) is 0 Å². The summed E-state index contributed by atoms with van der Waals surface area (Å²) in [6.07, 6.45) is 7.30. The SMILES string of the molecule is NCc1cc(C(=O)N(Cc2ccncc2)C2CC2)ccn1. The Morgan fingerprint density at radius 1 is 1.24 bits per heavy atom. The third kappa shape index (κ3) is 3.25. The predicted octanol–water partition coefficient (Wildman–Crippen LogP) is 1.74. The van der Waals surface area contributed by atoms with E-state index in [-0.39, 0.29) is 5.91 Å². The zero-order valence-corrected chi connectivity index (χ0v) is 11.8. The van der Waals surface area contributed by atoms with Gasteiger partial charge < -0.3 is 10.6 Å². The second-order valence-corrected chi connectivity index (χ2v) is 5.26. The number of hydrogen-bond acceptors (Lipinski definition) is 4. The first kappa shape index (κ1) is 13.7. The number of hydrogen-bond donors (Lipinski definition) is 1. The lowest BCUT2D eigenvalue weighted by molar-refractivity contribution is 0.0729. The molecule has 0 aromatic carbocycles. The minimum Gasteiger partial charge on any atom is -0.331 e. The lowest BCUT2D eigenvalue weighted by atomic mass is 10.1. The van der Waals surface area contributed by atoms with Gasteiger partial charge in [0, 0.05) is 43.3 Å². The molecule has 1 amide bonds. The molecule has 1 aliphatic carbocycles. The molecule has 3 rings (SSSR count). The van der Waals surface area contributed by atoms with Crippen LogP contribution >= 0.6 is 0 Å². The van der Waals surface area contributed by atoms with Crippen LogP contribution in [0.25, 0.3) is 0 Å². The summed E-state index contributed by atoms with van der Waals surface area (Å²) in [7, 11) is 0. The van der Waals surface area contributed by atoms with Crippen molar-refractivity contribution in [1.29, 1.82) is 0 Å². The van der Waals surface area contributed by atoms with Gasteiger partial charge in [0.2, 0.25) is 0 Å². The Labute approximate surface area is 123 Å². The van der Waals surface area contributed by atoms with E-state index in [2.05, 4.69) is 9.97 Å². The summed E-state index contributed by atoms with van der Waals surface area (Å²) in [5, 5.41) is 0. The van der Waals surface area contributed by atoms with Crippen LogP contribution in [0.15, 0.2) is 42.9 Å². The second-order valence-electron chi connectivity index (χ2n) is 5.26. The summed E-state index contributed by atoms with van der Waals surface area (Å²) in [6.45, 7) is 0.960. The van der Waals surface area contributed by atoms with Crippen LogP contribution < -0.4 is 5.73 Å². The molecule has 0 saturated heterocycles. The number of nitrogens with zero attached hydrogens (tertiary/aromatic N) is 3. The molecule has 1 saturated carbocycles. The van der Waals surface area contributed by atoms with E-state index < -0.39 is 0 Å².